The van der Waals surface area contributed by atoms with Crippen LogP contribution >= 0.6 is 0 Å². The number of nitrogens with zero attached hydrogens (tertiary/aromatic N) is 1. The molecule has 0 fully saturated rings. The van der Waals surface area contributed by atoms with E-state index in [4.69, 9.17) is 9.47 Å². The van der Waals surface area contributed by atoms with Gasteiger partial charge in [0.05, 0.1) is 37.2 Å². The van der Waals surface area contributed by atoms with E-state index in [1.165, 1.54) is 7.11 Å². The third-order valence-electron chi connectivity index (χ3n) is 3.38. The highest BCUT2D eigenvalue weighted by molar-refractivity contribution is 6.09. The second-order valence-corrected chi connectivity index (χ2v) is 4.66. The zero-order valence-electron chi connectivity index (χ0n) is 12.2. The molecule has 0 saturated heterocycles. The quantitative estimate of drug-likeness (QED) is 0.776. The monoisotopic (exact) mass is 297 g/mol. The number of rotatable bonds is 4. The van der Waals surface area contributed by atoms with Crippen molar-refractivity contribution < 1.29 is 14.3 Å². The molecule has 6 heteroatoms. The maximum Gasteiger partial charge on any atom is 0.259 e. The van der Waals surface area contributed by atoms with Gasteiger partial charge in [0.15, 0.2) is 0 Å². The van der Waals surface area contributed by atoms with Gasteiger partial charge in [-0.15, -0.1) is 0 Å². The Morgan fingerprint density at radius 2 is 2.05 bits per heavy atom. The standard InChI is InChI=1S/C16H15N3O3/c1-21-11-6-7-14(22-2)12(8-11)16(20)18-13-5-3-4-10-9-17-19-15(10)13/h3-9H,1-2H3,(H,17,19)(H,18,20). The highest BCUT2D eigenvalue weighted by Crippen LogP contribution is 2.26. The molecule has 22 heavy (non-hydrogen) atoms. The summed E-state index contributed by atoms with van der Waals surface area (Å²) < 4.78 is 10.4. The number of amides is 1. The van der Waals surface area contributed by atoms with Crippen LogP contribution in [0.2, 0.25) is 0 Å². The summed E-state index contributed by atoms with van der Waals surface area (Å²) in [5.41, 5.74) is 1.83. The van der Waals surface area contributed by atoms with Gasteiger partial charge < -0.3 is 14.8 Å². The van der Waals surface area contributed by atoms with Crippen molar-refractivity contribution in [3.63, 3.8) is 0 Å². The minimum absolute atomic E-state index is 0.280. The number of carbonyl (C=O) groups excluding carboxylic acids is 1. The van der Waals surface area contributed by atoms with E-state index in [2.05, 4.69) is 15.5 Å². The van der Waals surface area contributed by atoms with Gasteiger partial charge in [-0.2, -0.15) is 5.10 Å². The molecule has 0 atom stereocenters. The van der Waals surface area contributed by atoms with Crippen LogP contribution in [0.3, 0.4) is 0 Å². The molecule has 6 nitrogen and oxygen atoms in total. The third kappa shape index (κ3) is 2.46. The molecule has 0 aliphatic carbocycles. The van der Waals surface area contributed by atoms with Crippen LogP contribution in [0.25, 0.3) is 10.9 Å². The molecule has 1 aromatic heterocycles. The summed E-state index contributed by atoms with van der Waals surface area (Å²) in [7, 11) is 3.07. The Bertz CT molecular complexity index is 826. The van der Waals surface area contributed by atoms with Gasteiger partial charge in [0.25, 0.3) is 5.91 Å². The number of aromatic nitrogens is 2. The van der Waals surface area contributed by atoms with Gasteiger partial charge in [-0.1, -0.05) is 12.1 Å². The average Bonchev–Trinajstić information content (AvgIpc) is 3.03. The summed E-state index contributed by atoms with van der Waals surface area (Å²) in [5, 5.41) is 10.7. The Labute approximate surface area is 127 Å². The smallest absolute Gasteiger partial charge is 0.259 e. The van der Waals surface area contributed by atoms with Crippen molar-refractivity contribution in [1.29, 1.82) is 0 Å². The predicted octanol–water partition coefficient (Wildman–Crippen LogP) is 2.83. The van der Waals surface area contributed by atoms with E-state index >= 15 is 0 Å². The molecule has 3 rings (SSSR count). The first-order chi connectivity index (χ1) is 10.7. The fourth-order valence-electron chi connectivity index (χ4n) is 2.25. The van der Waals surface area contributed by atoms with Gasteiger partial charge in [-0.05, 0) is 24.3 Å². The summed E-state index contributed by atoms with van der Waals surface area (Å²) in [4.78, 5) is 12.5. The highest BCUT2D eigenvalue weighted by atomic mass is 16.5. The number of fused-ring (bicyclic) bond motifs is 1. The van der Waals surface area contributed by atoms with Crippen LogP contribution in [0, 0.1) is 0 Å². The van der Waals surface area contributed by atoms with Crippen molar-refractivity contribution in [2.24, 2.45) is 0 Å². The maximum atomic E-state index is 12.5. The summed E-state index contributed by atoms with van der Waals surface area (Å²) >= 11 is 0. The fraction of sp³-hybridized carbons (Fsp3) is 0.125. The van der Waals surface area contributed by atoms with E-state index in [1.54, 1.807) is 31.5 Å². The number of H-pyrrole nitrogens is 1. The first-order valence-corrected chi connectivity index (χ1v) is 6.68. The molecule has 1 heterocycles. The Kier molecular flexibility index (Phi) is 3.65. The number of anilines is 1. The largest absolute Gasteiger partial charge is 0.497 e. The number of methoxy groups -OCH3 is 2. The Morgan fingerprint density at radius 3 is 2.82 bits per heavy atom. The first-order valence-electron chi connectivity index (χ1n) is 6.68. The van der Waals surface area contributed by atoms with Gasteiger partial charge in [0, 0.05) is 5.39 Å². The summed E-state index contributed by atoms with van der Waals surface area (Å²) in [5.74, 6) is 0.790. The lowest BCUT2D eigenvalue weighted by Crippen LogP contribution is -2.13. The molecular weight excluding hydrogens is 282 g/mol. The van der Waals surface area contributed by atoms with Crippen molar-refractivity contribution in [3.05, 3.63) is 48.2 Å². The van der Waals surface area contributed by atoms with Crippen molar-refractivity contribution >= 4 is 22.5 Å². The number of para-hydroxylation sites is 1. The minimum atomic E-state index is -0.280. The van der Waals surface area contributed by atoms with Crippen LogP contribution in [0.1, 0.15) is 10.4 Å². The van der Waals surface area contributed by atoms with Gasteiger partial charge >= 0.3 is 0 Å². The molecule has 2 N–H and O–H groups in total. The number of carbonyl (C=O) groups is 1. The molecule has 0 bridgehead atoms. The van der Waals surface area contributed by atoms with Crippen molar-refractivity contribution in [3.8, 4) is 11.5 Å². The molecule has 0 unspecified atom stereocenters. The topological polar surface area (TPSA) is 76.2 Å². The molecule has 3 aromatic rings. The number of nitrogens with one attached hydrogen (secondary N) is 2. The average molecular weight is 297 g/mol. The maximum absolute atomic E-state index is 12.5. The van der Waals surface area contributed by atoms with E-state index in [-0.39, 0.29) is 5.91 Å². The second kappa shape index (κ2) is 5.77. The molecule has 0 aliphatic heterocycles. The van der Waals surface area contributed by atoms with Crippen LogP contribution in [0.5, 0.6) is 11.5 Å². The molecule has 0 radical (unpaired) electrons. The Morgan fingerprint density at radius 1 is 1.18 bits per heavy atom. The number of aromatic amines is 1. The Hall–Kier alpha value is -3.02. The van der Waals surface area contributed by atoms with Crippen LogP contribution < -0.4 is 14.8 Å². The van der Waals surface area contributed by atoms with Crippen LogP contribution in [-0.2, 0) is 0 Å². The van der Waals surface area contributed by atoms with Crippen molar-refractivity contribution in [1.82, 2.24) is 10.2 Å². The summed E-state index contributed by atoms with van der Waals surface area (Å²) in [6.07, 6.45) is 1.71. The van der Waals surface area contributed by atoms with Crippen LogP contribution in [0.4, 0.5) is 5.69 Å². The number of ether oxygens (including phenoxy) is 2. The first kappa shape index (κ1) is 13.9. The van der Waals surface area contributed by atoms with E-state index < -0.39 is 0 Å². The van der Waals surface area contributed by atoms with Crippen molar-refractivity contribution in [2.45, 2.75) is 0 Å². The van der Waals surface area contributed by atoms with Crippen LogP contribution in [0.15, 0.2) is 42.6 Å². The summed E-state index contributed by atoms with van der Waals surface area (Å²) in [6, 6.07) is 10.7. The molecule has 2 aromatic carbocycles. The Balaban J connectivity index is 1.96. The lowest BCUT2D eigenvalue weighted by molar-refractivity contribution is 0.102. The van der Waals surface area contributed by atoms with E-state index in [1.807, 2.05) is 18.2 Å². The number of hydrogen-bond donors (Lipinski definition) is 2. The van der Waals surface area contributed by atoms with Crippen molar-refractivity contribution in [2.75, 3.05) is 19.5 Å². The predicted molar refractivity (Wildman–Crippen MR) is 83.6 cm³/mol. The molecular formula is C16H15N3O3. The number of hydrogen-bond acceptors (Lipinski definition) is 4. The second-order valence-electron chi connectivity index (χ2n) is 4.66. The number of benzene rings is 2. The van der Waals surface area contributed by atoms with Gasteiger partial charge in [-0.25, -0.2) is 0 Å². The van der Waals surface area contributed by atoms with Gasteiger partial charge in [0.2, 0.25) is 0 Å². The lowest BCUT2D eigenvalue weighted by Gasteiger charge is -2.11. The fourth-order valence-corrected chi connectivity index (χ4v) is 2.25. The third-order valence-corrected chi connectivity index (χ3v) is 3.38. The molecule has 0 saturated carbocycles. The zero-order valence-corrected chi connectivity index (χ0v) is 12.2. The lowest BCUT2D eigenvalue weighted by atomic mass is 10.1. The zero-order chi connectivity index (χ0) is 15.5. The van der Waals surface area contributed by atoms with Gasteiger partial charge in [-0.3, -0.25) is 9.89 Å². The normalized spacial score (nSPS) is 10.5. The molecule has 0 aliphatic rings. The highest BCUT2D eigenvalue weighted by Gasteiger charge is 2.15. The van der Waals surface area contributed by atoms with Gasteiger partial charge in [0.1, 0.15) is 11.5 Å². The van der Waals surface area contributed by atoms with E-state index in [0.717, 1.165) is 10.9 Å². The molecule has 0 spiro atoms. The van der Waals surface area contributed by atoms with E-state index in [9.17, 15) is 4.79 Å². The molecule has 1 amide bonds. The molecule has 112 valence electrons. The summed E-state index contributed by atoms with van der Waals surface area (Å²) in [6.45, 7) is 0. The minimum Gasteiger partial charge on any atom is -0.497 e. The SMILES string of the molecule is COc1ccc(OC)c(C(=O)Nc2cccc3cn[nH]c23)c1. The van der Waals surface area contributed by atoms with Crippen LogP contribution in [-0.4, -0.2) is 30.3 Å². The van der Waals surface area contributed by atoms with E-state index in [0.29, 0.717) is 22.7 Å².